The summed E-state index contributed by atoms with van der Waals surface area (Å²) in [5.41, 5.74) is 2.29. The minimum absolute atomic E-state index is 0.0405. The summed E-state index contributed by atoms with van der Waals surface area (Å²) in [4.78, 5) is 26.2. The van der Waals surface area contributed by atoms with E-state index in [2.05, 4.69) is 4.98 Å². The van der Waals surface area contributed by atoms with Crippen LogP contribution in [0.3, 0.4) is 0 Å². The van der Waals surface area contributed by atoms with Crippen LogP contribution in [0.15, 0.2) is 4.79 Å². The average molecular weight is 263 g/mol. The first-order valence-electron chi connectivity index (χ1n) is 7.03. The Morgan fingerprint density at radius 3 is 2.21 bits per heavy atom. The topological polar surface area (TPSA) is 70.2 Å². The Bertz CT molecular complexity index is 543. The molecule has 0 saturated heterocycles. The summed E-state index contributed by atoms with van der Waals surface area (Å²) in [6.45, 7) is 4.07. The van der Waals surface area contributed by atoms with Crippen molar-refractivity contribution < 1.29 is 9.90 Å². The van der Waals surface area contributed by atoms with E-state index < -0.39 is 11.5 Å². The Labute approximate surface area is 112 Å². The van der Waals surface area contributed by atoms with Gasteiger partial charge in [-0.3, -0.25) is 4.79 Å². The van der Waals surface area contributed by atoms with Crippen molar-refractivity contribution in [2.45, 2.75) is 58.3 Å². The third-order valence-electron chi connectivity index (χ3n) is 3.86. The highest BCUT2D eigenvalue weighted by Gasteiger charge is 2.23. The number of fused-ring (bicyclic) bond motifs is 1. The second-order valence-electron chi connectivity index (χ2n) is 5.57. The van der Waals surface area contributed by atoms with Crippen molar-refractivity contribution in [3.63, 3.8) is 0 Å². The normalized spacial score (nSPS) is 15.7. The van der Waals surface area contributed by atoms with Gasteiger partial charge in [0.2, 0.25) is 0 Å². The number of pyridine rings is 1. The molecular weight excluding hydrogens is 242 g/mol. The maximum Gasteiger partial charge on any atom is 0.341 e. The molecule has 0 amide bonds. The molecule has 0 atom stereocenters. The van der Waals surface area contributed by atoms with E-state index in [1.165, 1.54) is 6.42 Å². The van der Waals surface area contributed by atoms with Crippen LogP contribution in [0, 0.1) is 0 Å². The molecule has 0 unspecified atom stereocenters. The molecule has 2 N–H and O–H groups in total. The van der Waals surface area contributed by atoms with E-state index >= 15 is 0 Å². The molecule has 1 aliphatic rings. The van der Waals surface area contributed by atoms with E-state index in [1.807, 2.05) is 13.8 Å². The summed E-state index contributed by atoms with van der Waals surface area (Å²) in [6.07, 6.45) is 5.91. The van der Waals surface area contributed by atoms with E-state index in [9.17, 15) is 14.7 Å². The molecular formula is C15H21NO3. The molecule has 2 rings (SSSR count). The quantitative estimate of drug-likeness (QED) is 0.862. The Morgan fingerprint density at radius 1 is 1.11 bits per heavy atom. The van der Waals surface area contributed by atoms with E-state index in [4.69, 9.17) is 0 Å². The average Bonchev–Trinajstić information content (AvgIpc) is 2.29. The van der Waals surface area contributed by atoms with Gasteiger partial charge in [-0.2, -0.15) is 0 Å². The van der Waals surface area contributed by atoms with Crippen LogP contribution in [0.5, 0.6) is 0 Å². The number of carboxylic acid groups (broad SMARTS) is 1. The highest BCUT2D eigenvalue weighted by atomic mass is 16.4. The molecule has 19 heavy (non-hydrogen) atoms. The molecule has 0 spiro atoms. The number of hydrogen-bond donors (Lipinski definition) is 2. The molecule has 1 heterocycles. The van der Waals surface area contributed by atoms with Gasteiger partial charge in [0.15, 0.2) is 0 Å². The maximum atomic E-state index is 12.0. The molecule has 104 valence electrons. The number of aromatic nitrogens is 1. The summed E-state index contributed by atoms with van der Waals surface area (Å²) in [7, 11) is 0. The number of H-pyrrole nitrogens is 1. The Hall–Kier alpha value is -1.58. The van der Waals surface area contributed by atoms with E-state index in [0.29, 0.717) is 6.42 Å². The summed E-state index contributed by atoms with van der Waals surface area (Å²) >= 11 is 0. The van der Waals surface area contributed by atoms with Crippen molar-refractivity contribution in [3.8, 4) is 0 Å². The maximum absolute atomic E-state index is 12.0. The third-order valence-corrected chi connectivity index (χ3v) is 3.86. The molecule has 0 aromatic carbocycles. The minimum atomic E-state index is -1.10. The van der Waals surface area contributed by atoms with Gasteiger partial charge in [-0.05, 0) is 42.7 Å². The lowest BCUT2D eigenvalue weighted by Crippen LogP contribution is -2.25. The molecule has 0 aliphatic heterocycles. The molecule has 0 radical (unpaired) electrons. The lowest BCUT2D eigenvalue weighted by Gasteiger charge is -2.20. The van der Waals surface area contributed by atoms with Gasteiger partial charge in [-0.1, -0.05) is 26.7 Å². The second kappa shape index (κ2) is 5.59. The fourth-order valence-electron chi connectivity index (χ4n) is 2.95. The van der Waals surface area contributed by atoms with Crippen LogP contribution in [0.4, 0.5) is 0 Å². The molecule has 1 aliphatic carbocycles. The van der Waals surface area contributed by atoms with Crippen LogP contribution < -0.4 is 5.56 Å². The van der Waals surface area contributed by atoms with E-state index in [1.54, 1.807) is 0 Å². The van der Waals surface area contributed by atoms with Gasteiger partial charge in [-0.15, -0.1) is 0 Å². The predicted octanol–water partition coefficient (Wildman–Crippen LogP) is 2.86. The standard InChI is InChI=1S/C15H21NO3/c1-9(2)13-11-8-6-4-3-5-7-10(11)12(15(18)19)14(17)16-13/h9H,3-8H2,1-2H3,(H,16,17)(H,18,19). The largest absolute Gasteiger partial charge is 0.477 e. The smallest absolute Gasteiger partial charge is 0.341 e. The van der Waals surface area contributed by atoms with Crippen LogP contribution in [0.25, 0.3) is 0 Å². The van der Waals surface area contributed by atoms with Crippen molar-refractivity contribution in [2.24, 2.45) is 0 Å². The van der Waals surface area contributed by atoms with Crippen LogP contribution in [0.1, 0.15) is 72.6 Å². The van der Waals surface area contributed by atoms with Crippen molar-refractivity contribution in [2.75, 3.05) is 0 Å². The van der Waals surface area contributed by atoms with Gasteiger partial charge in [0.25, 0.3) is 5.56 Å². The highest BCUT2D eigenvalue weighted by molar-refractivity contribution is 5.89. The number of nitrogens with one attached hydrogen (secondary N) is 1. The van der Waals surface area contributed by atoms with Crippen molar-refractivity contribution >= 4 is 5.97 Å². The zero-order valence-electron chi connectivity index (χ0n) is 11.6. The first-order valence-corrected chi connectivity index (χ1v) is 7.03. The molecule has 4 nitrogen and oxygen atoms in total. The van der Waals surface area contributed by atoms with E-state index in [0.717, 1.165) is 42.5 Å². The zero-order valence-corrected chi connectivity index (χ0v) is 11.6. The number of hydrogen-bond acceptors (Lipinski definition) is 2. The van der Waals surface area contributed by atoms with Crippen LogP contribution in [0.2, 0.25) is 0 Å². The zero-order chi connectivity index (χ0) is 14.0. The highest BCUT2D eigenvalue weighted by Crippen LogP contribution is 2.27. The molecule has 1 aromatic heterocycles. The fourth-order valence-corrected chi connectivity index (χ4v) is 2.95. The number of carbonyl (C=O) groups is 1. The lowest BCUT2D eigenvalue weighted by molar-refractivity contribution is 0.0693. The van der Waals surface area contributed by atoms with Gasteiger partial charge in [0.05, 0.1) is 0 Å². The molecule has 0 bridgehead atoms. The lowest BCUT2D eigenvalue weighted by atomic mass is 9.87. The number of rotatable bonds is 2. The number of aromatic carboxylic acids is 1. The number of carboxylic acids is 1. The van der Waals surface area contributed by atoms with Crippen LogP contribution in [-0.4, -0.2) is 16.1 Å². The minimum Gasteiger partial charge on any atom is -0.477 e. The summed E-state index contributed by atoms with van der Waals surface area (Å²) in [6, 6.07) is 0. The van der Waals surface area contributed by atoms with E-state index in [-0.39, 0.29) is 11.5 Å². The molecule has 1 aromatic rings. The first-order chi connectivity index (χ1) is 9.02. The van der Waals surface area contributed by atoms with Gasteiger partial charge in [0, 0.05) is 5.69 Å². The second-order valence-corrected chi connectivity index (χ2v) is 5.57. The fraction of sp³-hybridized carbons (Fsp3) is 0.600. The first kappa shape index (κ1) is 13.8. The van der Waals surface area contributed by atoms with Gasteiger partial charge >= 0.3 is 5.97 Å². The van der Waals surface area contributed by atoms with Crippen molar-refractivity contribution in [1.82, 2.24) is 4.98 Å². The van der Waals surface area contributed by atoms with Crippen LogP contribution in [-0.2, 0) is 12.8 Å². The molecule has 0 saturated carbocycles. The monoisotopic (exact) mass is 263 g/mol. The molecule has 4 heteroatoms. The Morgan fingerprint density at radius 2 is 1.68 bits per heavy atom. The summed E-state index contributed by atoms with van der Waals surface area (Å²) in [5, 5.41) is 9.29. The third kappa shape index (κ3) is 2.72. The summed E-state index contributed by atoms with van der Waals surface area (Å²) < 4.78 is 0. The van der Waals surface area contributed by atoms with Gasteiger partial charge < -0.3 is 10.1 Å². The van der Waals surface area contributed by atoms with Crippen LogP contribution >= 0.6 is 0 Å². The van der Waals surface area contributed by atoms with Crippen molar-refractivity contribution in [1.29, 1.82) is 0 Å². The SMILES string of the molecule is CC(C)c1[nH]c(=O)c(C(=O)O)c2c1CCCCCC2. The number of aromatic amines is 1. The summed E-state index contributed by atoms with van der Waals surface area (Å²) in [5.74, 6) is -0.892. The Kier molecular flexibility index (Phi) is 4.08. The van der Waals surface area contributed by atoms with Gasteiger partial charge in [0.1, 0.15) is 5.56 Å². The predicted molar refractivity (Wildman–Crippen MR) is 74.0 cm³/mol. The Balaban J connectivity index is 2.69. The van der Waals surface area contributed by atoms with Gasteiger partial charge in [-0.25, -0.2) is 4.79 Å². The molecule has 0 fully saturated rings. The van der Waals surface area contributed by atoms with Crippen molar-refractivity contribution in [3.05, 3.63) is 32.7 Å².